The Morgan fingerprint density at radius 3 is 2.78 bits per heavy atom. The second-order valence-corrected chi connectivity index (χ2v) is 7.42. The Kier molecular flexibility index (Phi) is 5.44. The molecule has 0 spiro atoms. The maximum absolute atomic E-state index is 11.9. The van der Waals surface area contributed by atoms with Gasteiger partial charge in [-0.15, -0.1) is 23.2 Å². The lowest BCUT2D eigenvalue weighted by Gasteiger charge is -2.29. The van der Waals surface area contributed by atoms with E-state index in [1.807, 2.05) is 0 Å². The summed E-state index contributed by atoms with van der Waals surface area (Å²) >= 11 is 11.6. The van der Waals surface area contributed by atoms with Crippen molar-refractivity contribution in [3.8, 4) is 5.75 Å². The zero-order valence-electron chi connectivity index (χ0n) is 12.4. The molecule has 6 nitrogen and oxygen atoms in total. The zero-order chi connectivity index (χ0) is 17.2. The molecule has 0 aromatic heterocycles. The minimum atomic E-state index is -1.33. The highest BCUT2D eigenvalue weighted by molar-refractivity contribution is 6.48. The number of halogens is 2. The lowest BCUT2D eigenvalue weighted by molar-refractivity contribution is -0.121. The molecule has 0 saturated heterocycles. The van der Waals surface area contributed by atoms with Gasteiger partial charge in [0.15, 0.2) is 0 Å². The number of para-hydroxylation sites is 1. The summed E-state index contributed by atoms with van der Waals surface area (Å²) in [4.78, 5) is 23.1. The van der Waals surface area contributed by atoms with Crippen LogP contribution in [-0.4, -0.2) is 39.4 Å². The largest absolute Gasteiger partial charge is 0.547 e. The molecule has 0 unspecified atom stereocenters. The maximum atomic E-state index is 11.9. The fraction of sp³-hybridized carbons (Fsp3) is 0.429. The quantitative estimate of drug-likeness (QED) is 0.550. The Morgan fingerprint density at radius 1 is 1.48 bits per heavy atom. The van der Waals surface area contributed by atoms with Crippen molar-refractivity contribution in [1.82, 2.24) is 5.32 Å². The zero-order valence-corrected chi connectivity index (χ0v) is 13.9. The van der Waals surface area contributed by atoms with Gasteiger partial charge in [-0.05, 0) is 31.4 Å². The smallest absolute Gasteiger partial charge is 0.534 e. The molecule has 1 heterocycles. The first kappa shape index (κ1) is 17.9. The van der Waals surface area contributed by atoms with E-state index >= 15 is 0 Å². The number of alkyl halides is 2. The van der Waals surface area contributed by atoms with E-state index in [0.29, 0.717) is 5.56 Å². The highest BCUT2D eigenvalue weighted by Gasteiger charge is 2.37. The van der Waals surface area contributed by atoms with E-state index in [1.54, 1.807) is 19.1 Å². The summed E-state index contributed by atoms with van der Waals surface area (Å²) in [5, 5.41) is 21.8. The van der Waals surface area contributed by atoms with E-state index in [1.165, 1.54) is 6.07 Å². The predicted octanol–water partition coefficient (Wildman–Crippen LogP) is 1.80. The molecule has 0 fully saturated rings. The number of rotatable bonds is 5. The summed E-state index contributed by atoms with van der Waals surface area (Å²) < 4.78 is 4.29. The molecule has 9 heteroatoms. The molecule has 2 rings (SSSR count). The Morgan fingerprint density at radius 2 is 2.17 bits per heavy atom. The van der Waals surface area contributed by atoms with Crippen molar-refractivity contribution in [3.05, 3.63) is 29.3 Å². The SMILES string of the molecule is CC(Cl)(Cl)CCC(=O)N[C@H]1Cc2cccc(C(=O)O)c2OB1O. The first-order chi connectivity index (χ1) is 10.7. The van der Waals surface area contributed by atoms with Crippen LogP contribution in [0.15, 0.2) is 18.2 Å². The lowest BCUT2D eigenvalue weighted by Crippen LogP contribution is -2.53. The first-order valence-electron chi connectivity index (χ1n) is 7.04. The molecular formula is C14H16BCl2NO5. The number of benzene rings is 1. The third-order valence-electron chi connectivity index (χ3n) is 3.49. The van der Waals surface area contributed by atoms with Gasteiger partial charge in [0, 0.05) is 6.42 Å². The number of amides is 1. The van der Waals surface area contributed by atoms with Crippen molar-refractivity contribution in [1.29, 1.82) is 0 Å². The second-order valence-electron chi connectivity index (χ2n) is 5.56. The number of carboxylic acids is 1. The molecule has 1 aromatic rings. The van der Waals surface area contributed by atoms with Crippen LogP contribution in [0.25, 0.3) is 0 Å². The van der Waals surface area contributed by atoms with Gasteiger partial charge in [0.25, 0.3) is 0 Å². The van der Waals surface area contributed by atoms with Crippen molar-refractivity contribution in [2.45, 2.75) is 36.5 Å². The van der Waals surface area contributed by atoms with Gasteiger partial charge in [-0.2, -0.15) is 0 Å². The van der Waals surface area contributed by atoms with Gasteiger partial charge in [0.2, 0.25) is 5.91 Å². The molecule has 1 amide bonds. The lowest BCUT2D eigenvalue weighted by atomic mass is 9.72. The Bertz CT molecular complexity index is 620. The van der Waals surface area contributed by atoms with Crippen LogP contribution in [0.1, 0.15) is 35.7 Å². The fourth-order valence-electron chi connectivity index (χ4n) is 2.33. The Balaban J connectivity index is 2.06. The van der Waals surface area contributed by atoms with Crippen LogP contribution in [0.4, 0.5) is 0 Å². The van der Waals surface area contributed by atoms with E-state index in [-0.39, 0.29) is 36.5 Å². The summed E-state index contributed by atoms with van der Waals surface area (Å²) in [6, 6.07) is 4.69. The minimum Gasteiger partial charge on any atom is -0.534 e. The van der Waals surface area contributed by atoms with Gasteiger partial charge in [-0.3, -0.25) is 4.79 Å². The monoisotopic (exact) mass is 359 g/mol. The van der Waals surface area contributed by atoms with Crippen LogP contribution < -0.4 is 9.97 Å². The molecule has 124 valence electrons. The van der Waals surface area contributed by atoms with Crippen LogP contribution in [0.5, 0.6) is 5.75 Å². The number of nitrogens with one attached hydrogen (secondary N) is 1. The van der Waals surface area contributed by atoms with E-state index < -0.39 is 23.4 Å². The van der Waals surface area contributed by atoms with Gasteiger partial charge in [0.05, 0.1) is 11.5 Å². The fourth-order valence-corrected chi connectivity index (χ4v) is 2.52. The van der Waals surface area contributed by atoms with Crippen molar-refractivity contribution in [3.63, 3.8) is 0 Å². The van der Waals surface area contributed by atoms with Crippen molar-refractivity contribution in [2.24, 2.45) is 0 Å². The van der Waals surface area contributed by atoms with E-state index in [4.69, 9.17) is 33.0 Å². The molecule has 0 saturated carbocycles. The molecule has 1 atom stereocenters. The number of hydrogen-bond donors (Lipinski definition) is 3. The summed E-state index contributed by atoms with van der Waals surface area (Å²) in [5.41, 5.74) is 0.589. The molecule has 1 aliphatic rings. The minimum absolute atomic E-state index is 0.0219. The van der Waals surface area contributed by atoms with Gasteiger partial charge >= 0.3 is 13.1 Å². The molecule has 0 radical (unpaired) electrons. The molecular weight excluding hydrogens is 344 g/mol. The van der Waals surface area contributed by atoms with E-state index in [9.17, 15) is 14.6 Å². The molecule has 3 N–H and O–H groups in total. The van der Waals surface area contributed by atoms with Crippen molar-refractivity contribution in [2.75, 3.05) is 0 Å². The number of fused-ring (bicyclic) bond motifs is 1. The summed E-state index contributed by atoms with van der Waals surface area (Å²) in [6.07, 6.45) is 0.641. The van der Waals surface area contributed by atoms with Gasteiger partial charge in [0.1, 0.15) is 10.1 Å². The Labute approximate surface area is 143 Å². The highest BCUT2D eigenvalue weighted by atomic mass is 35.5. The maximum Gasteiger partial charge on any atom is 0.547 e. The second kappa shape index (κ2) is 6.99. The van der Waals surface area contributed by atoms with Gasteiger partial charge in [-0.1, -0.05) is 12.1 Å². The molecule has 1 aromatic carbocycles. The number of carbonyl (C=O) groups excluding carboxylic acids is 1. The molecule has 0 aliphatic carbocycles. The van der Waals surface area contributed by atoms with Crippen LogP contribution in [0, 0.1) is 0 Å². The normalized spacial score (nSPS) is 17.2. The standard InChI is InChI=1S/C14H16BCl2NO5/c1-14(16,17)6-5-11(19)18-10-7-8-3-2-4-9(13(20)21)12(8)23-15(10)22/h2-4,10,22H,5-7H2,1H3,(H,18,19)(H,20,21)/t10-/m0/s1. The Hall–Kier alpha value is -1.44. The molecule has 1 aliphatic heterocycles. The van der Waals surface area contributed by atoms with Crippen molar-refractivity contribution >= 4 is 42.2 Å². The van der Waals surface area contributed by atoms with E-state index in [0.717, 1.165) is 0 Å². The third kappa shape index (κ3) is 4.77. The number of aromatic carboxylic acids is 1. The molecule has 0 bridgehead atoms. The van der Waals surface area contributed by atoms with Crippen LogP contribution in [0.3, 0.4) is 0 Å². The molecule has 23 heavy (non-hydrogen) atoms. The number of hydrogen-bond acceptors (Lipinski definition) is 4. The number of carbonyl (C=O) groups is 2. The van der Waals surface area contributed by atoms with Crippen LogP contribution >= 0.6 is 23.2 Å². The highest BCUT2D eigenvalue weighted by Crippen LogP contribution is 2.30. The predicted molar refractivity (Wildman–Crippen MR) is 87.0 cm³/mol. The van der Waals surface area contributed by atoms with Crippen molar-refractivity contribution < 1.29 is 24.4 Å². The van der Waals surface area contributed by atoms with Crippen LogP contribution in [-0.2, 0) is 11.2 Å². The topological polar surface area (TPSA) is 95.9 Å². The summed E-state index contributed by atoms with van der Waals surface area (Å²) in [6.45, 7) is 1.59. The average molecular weight is 360 g/mol. The third-order valence-corrected chi connectivity index (χ3v) is 3.87. The van der Waals surface area contributed by atoms with E-state index in [2.05, 4.69) is 5.32 Å². The first-order valence-corrected chi connectivity index (χ1v) is 7.80. The van der Waals surface area contributed by atoms with Gasteiger partial charge in [-0.25, -0.2) is 4.79 Å². The van der Waals surface area contributed by atoms with Gasteiger partial charge < -0.3 is 20.1 Å². The average Bonchev–Trinajstić information content (AvgIpc) is 2.44. The number of carboxylic acid groups (broad SMARTS) is 1. The summed E-state index contributed by atoms with van der Waals surface area (Å²) in [5.74, 6) is -1.99. The summed E-state index contributed by atoms with van der Waals surface area (Å²) in [7, 11) is -1.33. The van der Waals surface area contributed by atoms with Crippen LogP contribution in [0.2, 0.25) is 0 Å².